The van der Waals surface area contributed by atoms with Gasteiger partial charge in [0.05, 0.1) is 16.9 Å². The number of aryl methyl sites for hydroxylation is 1. The monoisotopic (exact) mass is 355 g/mol. The van der Waals surface area contributed by atoms with Gasteiger partial charge in [0.2, 0.25) is 0 Å². The summed E-state index contributed by atoms with van der Waals surface area (Å²) >= 11 is 0. The first-order valence-corrected chi connectivity index (χ1v) is 9.33. The number of rotatable bonds is 5. The molecule has 128 valence electrons. The Hall–Kier alpha value is -2.86. The van der Waals surface area contributed by atoms with E-state index in [1.165, 1.54) is 24.5 Å². The maximum atomic E-state index is 12.5. The zero-order chi connectivity index (χ0) is 17.9. The lowest BCUT2D eigenvalue weighted by Gasteiger charge is -2.07. The van der Waals surface area contributed by atoms with Gasteiger partial charge in [0, 0.05) is 11.3 Å². The Kier molecular flexibility index (Phi) is 4.72. The van der Waals surface area contributed by atoms with E-state index < -0.39 is 15.7 Å². The van der Waals surface area contributed by atoms with Gasteiger partial charge in [-0.25, -0.2) is 8.42 Å². The van der Waals surface area contributed by atoms with Crippen LogP contribution in [0.2, 0.25) is 0 Å². The standard InChI is InChI=1S/C19H17NO4S/c1-14-6-5-7-16(12-14)20-19(21)18-15(10-11-24-18)13-25(22,23)17-8-3-2-4-9-17/h2-12H,13H2,1H3,(H,20,21). The SMILES string of the molecule is Cc1cccc(NC(=O)c2occc2CS(=O)(=O)c2ccccc2)c1. The normalized spacial score (nSPS) is 11.2. The predicted molar refractivity (Wildman–Crippen MR) is 95.2 cm³/mol. The number of hydrogen-bond donors (Lipinski definition) is 1. The molecule has 0 aliphatic carbocycles. The van der Waals surface area contributed by atoms with Crippen LogP contribution in [0.25, 0.3) is 0 Å². The number of benzene rings is 2. The Morgan fingerprint density at radius 1 is 1.04 bits per heavy atom. The van der Waals surface area contributed by atoms with Crippen molar-refractivity contribution in [1.82, 2.24) is 0 Å². The third-order valence-corrected chi connectivity index (χ3v) is 5.36. The van der Waals surface area contributed by atoms with Crippen molar-refractivity contribution in [3.63, 3.8) is 0 Å². The highest BCUT2D eigenvalue weighted by Gasteiger charge is 2.22. The molecule has 0 spiro atoms. The molecule has 1 heterocycles. The lowest BCUT2D eigenvalue weighted by Crippen LogP contribution is -2.14. The first-order valence-electron chi connectivity index (χ1n) is 7.68. The van der Waals surface area contributed by atoms with E-state index in [0.29, 0.717) is 11.3 Å². The Morgan fingerprint density at radius 2 is 1.80 bits per heavy atom. The number of anilines is 1. The number of sulfone groups is 1. The van der Waals surface area contributed by atoms with Gasteiger partial charge < -0.3 is 9.73 Å². The van der Waals surface area contributed by atoms with Crippen LogP contribution in [0.15, 0.2) is 76.2 Å². The number of amides is 1. The van der Waals surface area contributed by atoms with Crippen molar-refractivity contribution < 1.29 is 17.6 Å². The molecular formula is C19H17NO4S. The van der Waals surface area contributed by atoms with E-state index in [1.54, 1.807) is 24.3 Å². The first kappa shape index (κ1) is 17.0. The van der Waals surface area contributed by atoms with Gasteiger partial charge in [0.1, 0.15) is 0 Å². The fraction of sp³-hybridized carbons (Fsp3) is 0.105. The molecule has 25 heavy (non-hydrogen) atoms. The van der Waals surface area contributed by atoms with E-state index in [1.807, 2.05) is 25.1 Å². The summed E-state index contributed by atoms with van der Waals surface area (Å²) in [5.41, 5.74) is 1.95. The second-order valence-electron chi connectivity index (χ2n) is 5.67. The van der Waals surface area contributed by atoms with Crippen LogP contribution in [0, 0.1) is 6.92 Å². The summed E-state index contributed by atoms with van der Waals surface area (Å²) < 4.78 is 30.2. The smallest absolute Gasteiger partial charge is 0.291 e. The number of carbonyl (C=O) groups is 1. The van der Waals surface area contributed by atoms with Crippen LogP contribution >= 0.6 is 0 Å². The minimum atomic E-state index is -3.56. The zero-order valence-electron chi connectivity index (χ0n) is 13.6. The van der Waals surface area contributed by atoms with Gasteiger partial charge in [-0.3, -0.25) is 4.79 Å². The van der Waals surface area contributed by atoms with Crippen LogP contribution in [0.3, 0.4) is 0 Å². The Bertz CT molecular complexity index is 991. The topological polar surface area (TPSA) is 76.4 Å². The van der Waals surface area contributed by atoms with Crippen molar-refractivity contribution in [2.24, 2.45) is 0 Å². The number of carbonyl (C=O) groups excluding carboxylic acids is 1. The van der Waals surface area contributed by atoms with Gasteiger partial charge in [-0.05, 0) is 42.8 Å². The molecule has 0 radical (unpaired) electrons. The van der Waals surface area contributed by atoms with Crippen molar-refractivity contribution in [1.29, 1.82) is 0 Å². The van der Waals surface area contributed by atoms with Gasteiger partial charge in [0.15, 0.2) is 15.6 Å². The number of hydrogen-bond acceptors (Lipinski definition) is 4. The van der Waals surface area contributed by atoms with E-state index in [2.05, 4.69) is 5.32 Å². The van der Waals surface area contributed by atoms with Crippen LogP contribution in [0.4, 0.5) is 5.69 Å². The molecular weight excluding hydrogens is 338 g/mol. The molecule has 0 saturated heterocycles. The largest absolute Gasteiger partial charge is 0.459 e. The first-order chi connectivity index (χ1) is 12.0. The molecule has 1 aromatic heterocycles. The molecule has 1 N–H and O–H groups in total. The highest BCUT2D eigenvalue weighted by molar-refractivity contribution is 7.90. The molecule has 1 amide bonds. The highest BCUT2D eigenvalue weighted by Crippen LogP contribution is 2.21. The molecule has 2 aromatic carbocycles. The van der Waals surface area contributed by atoms with Crippen molar-refractivity contribution in [2.75, 3.05) is 5.32 Å². The summed E-state index contributed by atoms with van der Waals surface area (Å²) in [6.07, 6.45) is 1.32. The van der Waals surface area contributed by atoms with Gasteiger partial charge in [0.25, 0.3) is 5.91 Å². The fourth-order valence-corrected chi connectivity index (χ4v) is 3.85. The van der Waals surface area contributed by atoms with Gasteiger partial charge >= 0.3 is 0 Å². The molecule has 0 unspecified atom stereocenters. The minimum absolute atomic E-state index is 0.000937. The Balaban J connectivity index is 1.82. The summed E-state index contributed by atoms with van der Waals surface area (Å²) in [5.74, 6) is -0.778. The van der Waals surface area contributed by atoms with Crippen molar-refractivity contribution in [2.45, 2.75) is 17.6 Å². The molecule has 0 bridgehead atoms. The van der Waals surface area contributed by atoms with Crippen LogP contribution in [0.5, 0.6) is 0 Å². The van der Waals surface area contributed by atoms with Crippen LogP contribution in [0.1, 0.15) is 21.7 Å². The van der Waals surface area contributed by atoms with Crippen molar-refractivity contribution in [3.8, 4) is 0 Å². The molecule has 0 aliphatic heterocycles. The fourth-order valence-electron chi connectivity index (χ4n) is 2.48. The van der Waals surface area contributed by atoms with Crippen molar-refractivity contribution in [3.05, 3.63) is 83.8 Å². The second kappa shape index (κ2) is 6.94. The summed E-state index contributed by atoms with van der Waals surface area (Å²) in [4.78, 5) is 12.6. The maximum absolute atomic E-state index is 12.5. The number of nitrogens with one attached hydrogen (secondary N) is 1. The Morgan fingerprint density at radius 3 is 2.52 bits per heavy atom. The molecule has 3 rings (SSSR count). The summed E-state index contributed by atoms with van der Waals surface area (Å²) in [7, 11) is -3.56. The summed E-state index contributed by atoms with van der Waals surface area (Å²) in [6.45, 7) is 1.92. The maximum Gasteiger partial charge on any atom is 0.291 e. The van der Waals surface area contributed by atoms with Crippen LogP contribution < -0.4 is 5.32 Å². The average molecular weight is 355 g/mol. The van der Waals surface area contributed by atoms with E-state index in [-0.39, 0.29) is 16.4 Å². The van der Waals surface area contributed by atoms with E-state index in [9.17, 15) is 13.2 Å². The Labute approximate surface area is 146 Å². The summed E-state index contributed by atoms with van der Waals surface area (Å²) in [5, 5.41) is 2.72. The van der Waals surface area contributed by atoms with E-state index in [4.69, 9.17) is 4.42 Å². The third kappa shape index (κ3) is 3.97. The average Bonchev–Trinajstić information content (AvgIpc) is 3.03. The van der Waals surface area contributed by atoms with Gasteiger partial charge in [-0.15, -0.1) is 0 Å². The minimum Gasteiger partial charge on any atom is -0.459 e. The molecule has 0 fully saturated rings. The summed E-state index contributed by atoms with van der Waals surface area (Å²) in [6, 6.07) is 17.0. The lowest BCUT2D eigenvalue weighted by molar-refractivity contribution is 0.0996. The molecule has 0 aliphatic rings. The molecule has 5 nitrogen and oxygen atoms in total. The molecule has 0 saturated carbocycles. The van der Waals surface area contributed by atoms with Gasteiger partial charge in [-0.1, -0.05) is 30.3 Å². The van der Waals surface area contributed by atoms with E-state index in [0.717, 1.165) is 5.56 Å². The second-order valence-corrected chi connectivity index (χ2v) is 7.66. The third-order valence-electron chi connectivity index (χ3n) is 3.68. The zero-order valence-corrected chi connectivity index (χ0v) is 14.4. The van der Waals surface area contributed by atoms with E-state index >= 15 is 0 Å². The molecule has 3 aromatic rings. The van der Waals surface area contributed by atoms with Crippen LogP contribution in [-0.2, 0) is 15.6 Å². The lowest BCUT2D eigenvalue weighted by atomic mass is 10.2. The van der Waals surface area contributed by atoms with Gasteiger partial charge in [-0.2, -0.15) is 0 Å². The molecule has 0 atom stereocenters. The quantitative estimate of drug-likeness (QED) is 0.755. The number of furan rings is 1. The van der Waals surface area contributed by atoms with Crippen LogP contribution in [-0.4, -0.2) is 14.3 Å². The predicted octanol–water partition coefficient (Wildman–Crippen LogP) is 3.81. The molecule has 6 heteroatoms. The van der Waals surface area contributed by atoms with Crippen molar-refractivity contribution >= 4 is 21.4 Å². The highest BCUT2D eigenvalue weighted by atomic mass is 32.2.